The molecule has 0 unspecified atom stereocenters. The molecule has 0 fully saturated rings. The molecule has 0 atom stereocenters. The normalized spacial score (nSPS) is 15.1. The minimum absolute atomic E-state index is 0. The van der Waals surface area contributed by atoms with Gasteiger partial charge in [0.05, 0.1) is 23.3 Å². The topological polar surface area (TPSA) is 40.7 Å². The van der Waals surface area contributed by atoms with Crippen LogP contribution in [0.3, 0.4) is 0 Å². The Morgan fingerprint density at radius 1 is 0.636 bits per heavy atom. The molecule has 1 radical (unpaired) electrons. The van der Waals surface area contributed by atoms with Crippen molar-refractivity contribution < 1.29 is 31.8 Å². The Balaban J connectivity index is 0.000000199. The average Bonchev–Trinajstić information content (AvgIpc) is 3.56. The van der Waals surface area contributed by atoms with Crippen LogP contribution < -0.4 is 15.2 Å². The average molecular weight is 911 g/mol. The van der Waals surface area contributed by atoms with Crippen molar-refractivity contribution in [2.24, 2.45) is 5.41 Å². The molecule has 3 aliphatic rings. The number of anilines is 3. The number of carbonyl (C=O) groups is 1. The fourth-order valence-corrected chi connectivity index (χ4v) is 8.29. The minimum Gasteiger partial charge on any atom is -0.683 e. The van der Waals surface area contributed by atoms with Crippen LogP contribution in [-0.4, -0.2) is 30.3 Å². The monoisotopic (exact) mass is 910 g/mol. The van der Waals surface area contributed by atoms with Crippen molar-refractivity contribution in [3.05, 3.63) is 137 Å². The summed E-state index contributed by atoms with van der Waals surface area (Å²) in [7, 11) is 0. The molecule has 0 N–H and O–H groups in total. The number of hydrogen-bond donors (Lipinski definition) is 0. The maximum atomic E-state index is 13.8. The molecule has 0 aliphatic carbocycles. The number of rotatable bonds is 6. The van der Waals surface area contributed by atoms with Crippen LogP contribution >= 0.6 is 0 Å². The van der Waals surface area contributed by atoms with Gasteiger partial charge in [0.1, 0.15) is 0 Å². The van der Waals surface area contributed by atoms with Crippen LogP contribution in [0.5, 0.6) is 0 Å². The second-order valence-corrected chi connectivity index (χ2v) is 16.9. The van der Waals surface area contributed by atoms with Gasteiger partial charge in [-0.15, -0.1) is 5.69 Å². The van der Waals surface area contributed by atoms with E-state index in [0.29, 0.717) is 30.2 Å². The van der Waals surface area contributed by atoms with Gasteiger partial charge in [0.15, 0.2) is 6.98 Å². The van der Waals surface area contributed by atoms with Gasteiger partial charge in [0.25, 0.3) is 0 Å². The van der Waals surface area contributed by atoms with Crippen LogP contribution in [0.2, 0.25) is 0 Å². The summed E-state index contributed by atoms with van der Waals surface area (Å²) in [5.74, 6) is 1.48. The Labute approximate surface area is 345 Å². The molecule has 5 aromatic carbocycles. The summed E-state index contributed by atoms with van der Waals surface area (Å²) < 4.78 is 2.23. The number of amides is 1. The molecular formula is C48H54AuBN4O-. The molecule has 7 heteroatoms. The number of hydrogen-bond acceptors (Lipinski definition) is 2. The summed E-state index contributed by atoms with van der Waals surface area (Å²) in [5.41, 5.74) is 14.1. The second-order valence-electron chi connectivity index (χ2n) is 16.9. The van der Waals surface area contributed by atoms with Gasteiger partial charge in [0.2, 0.25) is 12.2 Å². The first kappa shape index (κ1) is 40.3. The molecule has 0 bridgehead atoms. The summed E-state index contributed by atoms with van der Waals surface area (Å²) in [6, 6.07) is 38.6. The number of benzene rings is 5. The molecule has 0 saturated heterocycles. The minimum atomic E-state index is -0.540. The van der Waals surface area contributed by atoms with Crippen molar-refractivity contribution in [2.75, 3.05) is 16.3 Å². The fourth-order valence-electron chi connectivity index (χ4n) is 8.29. The van der Waals surface area contributed by atoms with E-state index in [9.17, 15) is 4.79 Å². The van der Waals surface area contributed by atoms with Crippen molar-refractivity contribution >= 4 is 53.1 Å². The Kier molecular flexibility index (Phi) is 11.7. The Bertz CT molecular complexity index is 2190. The SMILES string of the molecule is CC(C)c1cccc(C(C)C)c1N1[C-]=[N+](c2c(C(C)C)cccc2C(C)C)CC(C)(C)C1=O.[Au].c1ccc2c(c1)[N-]B1c3ccccc3-c3ccccc3N12. The van der Waals surface area contributed by atoms with Crippen LogP contribution in [-0.2, 0) is 27.2 Å². The molecule has 287 valence electrons. The third kappa shape index (κ3) is 7.37. The van der Waals surface area contributed by atoms with E-state index in [4.69, 9.17) is 5.23 Å². The van der Waals surface area contributed by atoms with Gasteiger partial charge in [-0.3, -0.25) is 4.90 Å². The van der Waals surface area contributed by atoms with Gasteiger partial charge in [0, 0.05) is 39.3 Å². The fraction of sp³-hybridized carbons (Fsp3) is 0.333. The molecule has 0 aromatic heterocycles. The molecule has 55 heavy (non-hydrogen) atoms. The largest absolute Gasteiger partial charge is 0.683 e. The zero-order chi connectivity index (χ0) is 38.5. The molecule has 3 aliphatic heterocycles. The van der Waals surface area contributed by atoms with Gasteiger partial charge < -0.3 is 19.4 Å². The van der Waals surface area contributed by atoms with Crippen molar-refractivity contribution in [1.82, 2.24) is 0 Å². The molecule has 5 nitrogen and oxygen atoms in total. The van der Waals surface area contributed by atoms with Gasteiger partial charge in [-0.2, -0.15) is 0 Å². The van der Waals surface area contributed by atoms with Crippen molar-refractivity contribution in [2.45, 2.75) is 92.9 Å². The molecule has 8 rings (SSSR count). The summed E-state index contributed by atoms with van der Waals surface area (Å²) >= 11 is 0. The van der Waals surface area contributed by atoms with Crippen molar-refractivity contribution in [3.63, 3.8) is 0 Å². The standard InChI is InChI=1S/C30H42N2O.C18H12BN2.Au/c1-19(2)23-13-11-14-24(20(3)4)27(23)31-17-30(9,10)29(33)32(18-31)28-25(21(5)6)15-12-16-26(28)22(7)8;1-3-9-15-13(7-1)14-8-2-5-11-17(14)21-18-12-6-4-10-16(18)20-19(15)21;/h11-16,19-22H,17H2,1-10H3;1-12H;/q;-1;. The van der Waals surface area contributed by atoms with E-state index in [1.54, 1.807) is 0 Å². The third-order valence-electron chi connectivity index (χ3n) is 11.1. The van der Waals surface area contributed by atoms with Crippen LogP contribution in [0.4, 0.5) is 28.4 Å². The van der Waals surface area contributed by atoms with Gasteiger partial charge in [-0.25, -0.2) is 0 Å². The zero-order valence-electron chi connectivity index (χ0n) is 34.0. The van der Waals surface area contributed by atoms with Crippen molar-refractivity contribution in [3.8, 4) is 11.1 Å². The van der Waals surface area contributed by atoms with E-state index >= 15 is 0 Å². The summed E-state index contributed by atoms with van der Waals surface area (Å²) in [4.78, 5) is 18.0. The molecular weight excluding hydrogens is 856 g/mol. The third-order valence-corrected chi connectivity index (χ3v) is 11.1. The maximum Gasteiger partial charge on any atom is 0.247 e. The van der Waals surface area contributed by atoms with Crippen LogP contribution in [0, 0.1) is 5.41 Å². The smallest absolute Gasteiger partial charge is 0.247 e. The van der Waals surface area contributed by atoms with Crippen LogP contribution in [0.25, 0.3) is 16.4 Å². The van der Waals surface area contributed by atoms with E-state index in [0.717, 1.165) is 11.4 Å². The van der Waals surface area contributed by atoms with Crippen molar-refractivity contribution in [1.29, 1.82) is 0 Å². The second kappa shape index (κ2) is 16.0. The predicted octanol–water partition coefficient (Wildman–Crippen LogP) is 12.0. The van der Waals surface area contributed by atoms with E-state index in [1.807, 2.05) is 4.90 Å². The molecule has 3 heterocycles. The van der Waals surface area contributed by atoms with E-state index in [-0.39, 0.29) is 35.3 Å². The Morgan fingerprint density at radius 2 is 1.13 bits per heavy atom. The van der Waals surface area contributed by atoms with E-state index in [1.165, 1.54) is 55.9 Å². The molecule has 1 amide bonds. The maximum absolute atomic E-state index is 13.8. The first-order chi connectivity index (χ1) is 25.8. The van der Waals surface area contributed by atoms with Gasteiger partial charge >= 0.3 is 0 Å². The predicted molar refractivity (Wildman–Crippen MR) is 229 cm³/mol. The summed E-state index contributed by atoms with van der Waals surface area (Å²) in [6.45, 7) is 22.6. The zero-order valence-corrected chi connectivity index (χ0v) is 36.2. The van der Waals surface area contributed by atoms with E-state index < -0.39 is 5.41 Å². The van der Waals surface area contributed by atoms with Gasteiger partial charge in [-0.1, -0.05) is 172 Å². The Morgan fingerprint density at radius 3 is 1.71 bits per heavy atom. The summed E-state index contributed by atoms with van der Waals surface area (Å²) in [6.07, 6.45) is 3.59. The van der Waals surface area contributed by atoms with Gasteiger partial charge in [-0.05, 0) is 63.6 Å². The summed E-state index contributed by atoms with van der Waals surface area (Å²) in [5, 5.41) is 4.94. The number of carbonyl (C=O) groups excluding carboxylic acids is 1. The number of para-hydroxylation sites is 4. The molecule has 5 aromatic rings. The Hall–Kier alpha value is -4.35. The number of nitrogens with zero attached hydrogens (tertiary/aromatic N) is 4. The number of fused-ring (bicyclic) bond motifs is 8. The van der Waals surface area contributed by atoms with Crippen LogP contribution in [0.15, 0.2) is 109 Å². The van der Waals surface area contributed by atoms with Crippen LogP contribution in [0.1, 0.15) is 115 Å². The first-order valence-electron chi connectivity index (χ1n) is 19.7. The van der Waals surface area contributed by atoms with E-state index in [2.05, 4.69) is 194 Å². The first-order valence-corrected chi connectivity index (χ1v) is 19.7. The molecule has 0 spiro atoms. The quantitative estimate of drug-likeness (QED) is 0.0967. The molecule has 0 saturated carbocycles.